The first kappa shape index (κ1) is 20.2. The summed E-state index contributed by atoms with van der Waals surface area (Å²) in [5.74, 6) is 0.151. The fourth-order valence-corrected chi connectivity index (χ4v) is 4.00. The van der Waals surface area contributed by atoms with Gasteiger partial charge in [0.1, 0.15) is 29.1 Å². The molecule has 0 saturated carbocycles. The van der Waals surface area contributed by atoms with Crippen LogP contribution in [0.1, 0.15) is 42.9 Å². The SMILES string of the molecule is CCOc1ccc(/C(O)=C2\C(=O)C(=O)N(CC3CCCO3)C2c2ccc(C)o2)cc1. The Morgan fingerprint density at radius 1 is 1.20 bits per heavy atom. The van der Waals surface area contributed by atoms with E-state index in [4.69, 9.17) is 13.9 Å². The van der Waals surface area contributed by atoms with Crippen molar-refractivity contribution in [3.8, 4) is 5.75 Å². The van der Waals surface area contributed by atoms with Crippen molar-refractivity contribution >= 4 is 17.4 Å². The number of hydrogen-bond acceptors (Lipinski definition) is 6. The zero-order chi connectivity index (χ0) is 21.3. The molecule has 2 aliphatic heterocycles. The van der Waals surface area contributed by atoms with E-state index in [0.717, 1.165) is 12.8 Å². The molecule has 1 amide bonds. The summed E-state index contributed by atoms with van der Waals surface area (Å²) in [5.41, 5.74) is 0.457. The monoisotopic (exact) mass is 411 g/mol. The molecule has 0 bridgehead atoms. The minimum absolute atomic E-state index is 0.0245. The molecule has 2 aliphatic rings. The van der Waals surface area contributed by atoms with Crippen molar-refractivity contribution in [1.82, 2.24) is 4.90 Å². The molecule has 2 saturated heterocycles. The van der Waals surface area contributed by atoms with E-state index in [9.17, 15) is 14.7 Å². The fraction of sp³-hybridized carbons (Fsp3) is 0.391. The number of furan rings is 1. The van der Waals surface area contributed by atoms with E-state index >= 15 is 0 Å². The largest absolute Gasteiger partial charge is 0.507 e. The lowest BCUT2D eigenvalue weighted by Gasteiger charge is -2.25. The van der Waals surface area contributed by atoms with Gasteiger partial charge in [0.15, 0.2) is 0 Å². The number of aryl methyl sites for hydroxylation is 1. The number of aliphatic hydroxyl groups excluding tert-OH is 1. The van der Waals surface area contributed by atoms with Crippen LogP contribution < -0.4 is 4.74 Å². The maximum Gasteiger partial charge on any atom is 0.295 e. The molecule has 7 nitrogen and oxygen atoms in total. The van der Waals surface area contributed by atoms with Gasteiger partial charge in [-0.15, -0.1) is 0 Å². The predicted molar refractivity (Wildman–Crippen MR) is 109 cm³/mol. The molecule has 0 aliphatic carbocycles. The highest BCUT2D eigenvalue weighted by molar-refractivity contribution is 6.46. The van der Waals surface area contributed by atoms with Gasteiger partial charge >= 0.3 is 0 Å². The van der Waals surface area contributed by atoms with Gasteiger partial charge in [-0.1, -0.05) is 0 Å². The first-order valence-electron chi connectivity index (χ1n) is 10.2. The maximum absolute atomic E-state index is 12.9. The first-order valence-corrected chi connectivity index (χ1v) is 10.2. The molecule has 3 heterocycles. The number of hydrogen-bond donors (Lipinski definition) is 1. The van der Waals surface area contributed by atoms with Crippen LogP contribution in [0.3, 0.4) is 0 Å². The second-order valence-electron chi connectivity index (χ2n) is 7.49. The molecule has 7 heteroatoms. The molecule has 4 rings (SSSR count). The van der Waals surface area contributed by atoms with Crippen LogP contribution in [0.25, 0.3) is 5.76 Å². The molecular weight excluding hydrogens is 386 g/mol. The lowest BCUT2D eigenvalue weighted by molar-refractivity contribution is -0.141. The number of ketones is 1. The number of aliphatic hydroxyl groups is 1. The summed E-state index contributed by atoms with van der Waals surface area (Å²) in [7, 11) is 0. The number of carbonyl (C=O) groups excluding carboxylic acids is 2. The Balaban J connectivity index is 1.76. The number of ether oxygens (including phenoxy) is 2. The Morgan fingerprint density at radius 3 is 2.57 bits per heavy atom. The standard InChI is InChI=1S/C23H25NO6/c1-3-28-16-9-7-15(8-10-16)21(25)19-20(18-11-6-14(2)30-18)24(23(27)22(19)26)13-17-5-4-12-29-17/h6-11,17,20,25H,3-5,12-13H2,1-2H3/b21-19+. The van der Waals surface area contributed by atoms with Crippen molar-refractivity contribution in [2.45, 2.75) is 38.8 Å². The van der Waals surface area contributed by atoms with Gasteiger partial charge in [0.25, 0.3) is 11.7 Å². The second-order valence-corrected chi connectivity index (χ2v) is 7.49. The maximum atomic E-state index is 12.9. The molecule has 2 aromatic rings. The van der Waals surface area contributed by atoms with Gasteiger partial charge in [0.2, 0.25) is 0 Å². The fourth-order valence-electron chi connectivity index (χ4n) is 4.00. The van der Waals surface area contributed by atoms with Crippen LogP contribution in [-0.4, -0.2) is 47.6 Å². The normalized spacial score (nSPS) is 23.3. The average Bonchev–Trinajstić information content (AvgIpc) is 3.46. The van der Waals surface area contributed by atoms with Crippen molar-refractivity contribution in [1.29, 1.82) is 0 Å². The summed E-state index contributed by atoms with van der Waals surface area (Å²) in [6, 6.07) is 9.48. The van der Waals surface area contributed by atoms with Crippen molar-refractivity contribution in [3.63, 3.8) is 0 Å². The predicted octanol–water partition coefficient (Wildman–Crippen LogP) is 3.59. The number of rotatable bonds is 6. The number of likely N-dealkylation sites (tertiary alicyclic amines) is 1. The van der Waals surface area contributed by atoms with E-state index in [2.05, 4.69) is 0 Å². The van der Waals surface area contributed by atoms with Gasteiger partial charge in [-0.25, -0.2) is 0 Å². The molecule has 158 valence electrons. The molecule has 1 aromatic heterocycles. The second kappa shape index (κ2) is 8.36. The zero-order valence-electron chi connectivity index (χ0n) is 17.1. The Morgan fingerprint density at radius 2 is 1.97 bits per heavy atom. The van der Waals surface area contributed by atoms with Crippen molar-refractivity contribution in [3.05, 3.63) is 59.1 Å². The third kappa shape index (κ3) is 3.73. The Labute approximate surface area is 174 Å². The summed E-state index contributed by atoms with van der Waals surface area (Å²) in [5, 5.41) is 11.0. The Kier molecular flexibility index (Phi) is 5.63. The van der Waals surface area contributed by atoms with Crippen LogP contribution in [0.2, 0.25) is 0 Å². The van der Waals surface area contributed by atoms with E-state index < -0.39 is 17.7 Å². The van der Waals surface area contributed by atoms with E-state index in [0.29, 0.717) is 36.0 Å². The van der Waals surface area contributed by atoms with Crippen LogP contribution >= 0.6 is 0 Å². The highest BCUT2D eigenvalue weighted by Gasteiger charge is 2.48. The molecule has 1 aromatic carbocycles. The number of carbonyl (C=O) groups is 2. The molecule has 2 unspecified atom stereocenters. The van der Waals surface area contributed by atoms with Gasteiger partial charge in [0.05, 0.1) is 18.3 Å². The lowest BCUT2D eigenvalue weighted by atomic mass is 9.99. The van der Waals surface area contributed by atoms with Gasteiger partial charge in [-0.05, 0) is 63.1 Å². The molecular formula is C23H25NO6. The summed E-state index contributed by atoms with van der Waals surface area (Å²) >= 11 is 0. The van der Waals surface area contributed by atoms with Crippen LogP contribution in [0.5, 0.6) is 5.75 Å². The highest BCUT2D eigenvalue weighted by Crippen LogP contribution is 2.40. The number of amides is 1. The van der Waals surface area contributed by atoms with E-state index in [-0.39, 0.29) is 24.0 Å². The Bertz CT molecular complexity index is 968. The van der Waals surface area contributed by atoms with Crippen molar-refractivity contribution < 1.29 is 28.6 Å². The van der Waals surface area contributed by atoms with E-state index in [1.165, 1.54) is 4.90 Å². The number of benzene rings is 1. The first-order chi connectivity index (χ1) is 14.5. The van der Waals surface area contributed by atoms with Gasteiger partial charge in [-0.2, -0.15) is 0 Å². The molecule has 30 heavy (non-hydrogen) atoms. The third-order valence-electron chi connectivity index (χ3n) is 5.43. The minimum Gasteiger partial charge on any atom is -0.507 e. The quantitative estimate of drug-likeness (QED) is 0.444. The topological polar surface area (TPSA) is 89.2 Å². The van der Waals surface area contributed by atoms with Crippen LogP contribution in [0, 0.1) is 6.92 Å². The Hall–Kier alpha value is -3.06. The van der Waals surface area contributed by atoms with Gasteiger partial charge < -0.3 is 23.9 Å². The molecule has 0 radical (unpaired) electrons. The molecule has 0 spiro atoms. The highest BCUT2D eigenvalue weighted by atomic mass is 16.5. The van der Waals surface area contributed by atoms with Crippen molar-refractivity contribution in [2.75, 3.05) is 19.8 Å². The minimum atomic E-state index is -0.797. The van der Waals surface area contributed by atoms with E-state index in [1.54, 1.807) is 43.3 Å². The average molecular weight is 411 g/mol. The zero-order valence-corrected chi connectivity index (χ0v) is 17.1. The number of Topliss-reactive ketones (excluding diaryl/α,β-unsaturated/α-hetero) is 1. The molecule has 2 fully saturated rings. The van der Waals surface area contributed by atoms with E-state index in [1.807, 2.05) is 6.92 Å². The van der Waals surface area contributed by atoms with Gasteiger partial charge in [-0.3, -0.25) is 9.59 Å². The summed E-state index contributed by atoms with van der Waals surface area (Å²) in [4.78, 5) is 27.3. The summed E-state index contributed by atoms with van der Waals surface area (Å²) in [6.07, 6.45) is 1.61. The lowest BCUT2D eigenvalue weighted by Crippen LogP contribution is -2.36. The van der Waals surface area contributed by atoms with Crippen molar-refractivity contribution in [2.24, 2.45) is 0 Å². The third-order valence-corrected chi connectivity index (χ3v) is 5.43. The van der Waals surface area contributed by atoms with Crippen LogP contribution in [0.4, 0.5) is 0 Å². The smallest absolute Gasteiger partial charge is 0.295 e. The molecule has 1 N–H and O–H groups in total. The molecule has 2 atom stereocenters. The van der Waals surface area contributed by atoms with Crippen LogP contribution in [0.15, 0.2) is 46.4 Å². The van der Waals surface area contributed by atoms with Crippen LogP contribution in [-0.2, 0) is 14.3 Å². The van der Waals surface area contributed by atoms with Gasteiger partial charge in [0, 0.05) is 18.7 Å². The number of nitrogens with zero attached hydrogens (tertiary/aromatic N) is 1. The summed E-state index contributed by atoms with van der Waals surface area (Å²) in [6.45, 7) is 5.12. The summed E-state index contributed by atoms with van der Waals surface area (Å²) < 4.78 is 16.9.